The van der Waals surface area contributed by atoms with Gasteiger partial charge in [-0.1, -0.05) is 6.58 Å². The SMILES string of the molecule is C=C(C)C(=O)OCCCCC(=O)OC(C)C. The van der Waals surface area contributed by atoms with E-state index in [2.05, 4.69) is 6.58 Å². The van der Waals surface area contributed by atoms with Crippen molar-refractivity contribution in [2.45, 2.75) is 46.1 Å². The van der Waals surface area contributed by atoms with E-state index in [-0.39, 0.29) is 18.0 Å². The molecule has 4 heteroatoms. The summed E-state index contributed by atoms with van der Waals surface area (Å²) in [5, 5.41) is 0. The van der Waals surface area contributed by atoms with Gasteiger partial charge in [0.25, 0.3) is 0 Å². The minimum Gasteiger partial charge on any atom is -0.463 e. The van der Waals surface area contributed by atoms with Crippen LogP contribution in [0.5, 0.6) is 0 Å². The Hall–Kier alpha value is -1.32. The summed E-state index contributed by atoms with van der Waals surface area (Å²) in [4.78, 5) is 22.1. The lowest BCUT2D eigenvalue weighted by atomic mass is 10.2. The van der Waals surface area contributed by atoms with Gasteiger partial charge in [0.2, 0.25) is 0 Å². The monoisotopic (exact) mass is 228 g/mol. The quantitative estimate of drug-likeness (QED) is 0.381. The summed E-state index contributed by atoms with van der Waals surface area (Å²) in [6.07, 6.45) is 1.61. The Morgan fingerprint density at radius 1 is 1.25 bits per heavy atom. The van der Waals surface area contributed by atoms with Crippen LogP contribution in [0.15, 0.2) is 12.2 Å². The molecule has 0 aliphatic rings. The van der Waals surface area contributed by atoms with E-state index < -0.39 is 0 Å². The summed E-state index contributed by atoms with van der Waals surface area (Å²) in [7, 11) is 0. The van der Waals surface area contributed by atoms with E-state index in [0.29, 0.717) is 31.4 Å². The van der Waals surface area contributed by atoms with Crippen molar-refractivity contribution in [2.24, 2.45) is 0 Å². The van der Waals surface area contributed by atoms with Gasteiger partial charge in [0.15, 0.2) is 0 Å². The Bertz CT molecular complexity index is 256. The molecule has 0 rings (SSSR count). The first kappa shape index (κ1) is 14.7. The summed E-state index contributed by atoms with van der Waals surface area (Å²) in [6.45, 7) is 9.01. The zero-order valence-electron chi connectivity index (χ0n) is 10.2. The average molecular weight is 228 g/mol. The normalized spacial score (nSPS) is 10.0. The van der Waals surface area contributed by atoms with E-state index in [1.54, 1.807) is 6.92 Å². The van der Waals surface area contributed by atoms with Crippen LogP contribution in [0.4, 0.5) is 0 Å². The molecule has 0 amide bonds. The van der Waals surface area contributed by atoms with Crippen LogP contribution in [0.3, 0.4) is 0 Å². The van der Waals surface area contributed by atoms with Crippen LogP contribution < -0.4 is 0 Å². The number of unbranched alkanes of at least 4 members (excludes halogenated alkanes) is 1. The average Bonchev–Trinajstić information content (AvgIpc) is 2.15. The maximum atomic E-state index is 11.1. The molecule has 0 aromatic rings. The second-order valence-corrected chi connectivity index (χ2v) is 3.91. The second-order valence-electron chi connectivity index (χ2n) is 3.91. The van der Waals surface area contributed by atoms with Gasteiger partial charge in [-0.3, -0.25) is 4.79 Å². The van der Waals surface area contributed by atoms with E-state index >= 15 is 0 Å². The highest BCUT2D eigenvalue weighted by atomic mass is 16.5. The minimum atomic E-state index is -0.384. The van der Waals surface area contributed by atoms with Crippen molar-refractivity contribution in [1.29, 1.82) is 0 Å². The largest absolute Gasteiger partial charge is 0.463 e. The van der Waals surface area contributed by atoms with E-state index in [1.165, 1.54) is 0 Å². The van der Waals surface area contributed by atoms with Crippen LogP contribution in [0.2, 0.25) is 0 Å². The molecule has 0 aliphatic heterocycles. The molecule has 0 saturated heterocycles. The molecule has 0 aromatic carbocycles. The molecule has 0 aromatic heterocycles. The lowest BCUT2D eigenvalue weighted by Gasteiger charge is -2.07. The van der Waals surface area contributed by atoms with Crippen molar-refractivity contribution < 1.29 is 19.1 Å². The maximum absolute atomic E-state index is 11.1. The van der Waals surface area contributed by atoms with Crippen LogP contribution in [0.1, 0.15) is 40.0 Å². The third kappa shape index (κ3) is 8.03. The van der Waals surface area contributed by atoms with Crippen molar-refractivity contribution in [3.05, 3.63) is 12.2 Å². The van der Waals surface area contributed by atoms with Crippen molar-refractivity contribution in [2.75, 3.05) is 6.61 Å². The van der Waals surface area contributed by atoms with E-state index in [9.17, 15) is 9.59 Å². The first-order valence-electron chi connectivity index (χ1n) is 5.45. The van der Waals surface area contributed by atoms with Crippen LogP contribution in [0.25, 0.3) is 0 Å². The topological polar surface area (TPSA) is 52.6 Å². The van der Waals surface area contributed by atoms with Gasteiger partial charge >= 0.3 is 11.9 Å². The fourth-order valence-electron chi connectivity index (χ4n) is 0.981. The fraction of sp³-hybridized carbons (Fsp3) is 0.667. The van der Waals surface area contributed by atoms with Crippen molar-refractivity contribution in [3.63, 3.8) is 0 Å². The smallest absolute Gasteiger partial charge is 0.333 e. The summed E-state index contributed by atoms with van der Waals surface area (Å²) < 4.78 is 9.83. The molecule has 0 fully saturated rings. The van der Waals surface area contributed by atoms with Gasteiger partial charge in [0.1, 0.15) is 0 Å². The molecular weight excluding hydrogens is 208 g/mol. The predicted octanol–water partition coefficient (Wildman–Crippen LogP) is 2.23. The van der Waals surface area contributed by atoms with Gasteiger partial charge < -0.3 is 9.47 Å². The van der Waals surface area contributed by atoms with Crippen LogP contribution >= 0.6 is 0 Å². The van der Waals surface area contributed by atoms with Gasteiger partial charge in [-0.05, 0) is 33.6 Å². The van der Waals surface area contributed by atoms with Gasteiger partial charge in [-0.25, -0.2) is 4.79 Å². The molecular formula is C12H20O4. The summed E-state index contributed by atoms with van der Waals surface area (Å²) >= 11 is 0. The molecule has 92 valence electrons. The molecule has 0 saturated carbocycles. The highest BCUT2D eigenvalue weighted by Crippen LogP contribution is 2.01. The van der Waals surface area contributed by atoms with Crippen molar-refractivity contribution in [3.8, 4) is 0 Å². The molecule has 0 heterocycles. The summed E-state index contributed by atoms with van der Waals surface area (Å²) in [5.41, 5.74) is 0.388. The lowest BCUT2D eigenvalue weighted by Crippen LogP contribution is -2.11. The molecule has 0 aliphatic carbocycles. The Labute approximate surface area is 96.6 Å². The molecule has 0 radical (unpaired) electrons. The standard InChI is InChI=1S/C12H20O4/c1-9(2)12(14)15-8-6-5-7-11(13)16-10(3)4/h10H,1,5-8H2,2-4H3. The number of carbonyl (C=O) groups is 2. The highest BCUT2D eigenvalue weighted by molar-refractivity contribution is 5.86. The van der Waals surface area contributed by atoms with Gasteiger partial charge in [-0.15, -0.1) is 0 Å². The molecule has 16 heavy (non-hydrogen) atoms. The maximum Gasteiger partial charge on any atom is 0.333 e. The number of ether oxygens (including phenoxy) is 2. The minimum absolute atomic E-state index is 0.0752. The van der Waals surface area contributed by atoms with E-state index in [4.69, 9.17) is 9.47 Å². The number of hydrogen-bond acceptors (Lipinski definition) is 4. The summed E-state index contributed by atoms with van der Waals surface area (Å²) in [6, 6.07) is 0. The van der Waals surface area contributed by atoms with E-state index in [1.807, 2.05) is 13.8 Å². The molecule has 0 spiro atoms. The molecule has 0 N–H and O–H groups in total. The van der Waals surface area contributed by atoms with Gasteiger partial charge in [-0.2, -0.15) is 0 Å². The Morgan fingerprint density at radius 3 is 2.38 bits per heavy atom. The van der Waals surface area contributed by atoms with Crippen molar-refractivity contribution >= 4 is 11.9 Å². The third-order valence-corrected chi connectivity index (χ3v) is 1.72. The van der Waals surface area contributed by atoms with Gasteiger partial charge in [0.05, 0.1) is 12.7 Å². The molecule has 4 nitrogen and oxygen atoms in total. The zero-order chi connectivity index (χ0) is 12.6. The molecule has 0 bridgehead atoms. The summed E-state index contributed by atoms with van der Waals surface area (Å²) in [5.74, 6) is -0.592. The van der Waals surface area contributed by atoms with Crippen molar-refractivity contribution in [1.82, 2.24) is 0 Å². The first-order chi connectivity index (χ1) is 7.43. The predicted molar refractivity (Wildman–Crippen MR) is 60.9 cm³/mol. The van der Waals surface area contributed by atoms with Crippen LogP contribution in [0, 0.1) is 0 Å². The lowest BCUT2D eigenvalue weighted by molar-refractivity contribution is -0.147. The number of rotatable bonds is 7. The Balaban J connectivity index is 3.44. The van der Waals surface area contributed by atoms with Crippen LogP contribution in [-0.4, -0.2) is 24.6 Å². The Morgan fingerprint density at radius 2 is 1.88 bits per heavy atom. The van der Waals surface area contributed by atoms with E-state index in [0.717, 1.165) is 0 Å². The second kappa shape index (κ2) is 7.91. The molecule has 0 unspecified atom stereocenters. The highest BCUT2D eigenvalue weighted by Gasteiger charge is 2.06. The number of esters is 2. The number of carbonyl (C=O) groups excluding carboxylic acids is 2. The van der Waals surface area contributed by atoms with Crippen LogP contribution in [-0.2, 0) is 19.1 Å². The number of hydrogen-bond donors (Lipinski definition) is 0. The fourth-order valence-corrected chi connectivity index (χ4v) is 0.981. The first-order valence-corrected chi connectivity index (χ1v) is 5.45. The van der Waals surface area contributed by atoms with Gasteiger partial charge in [0, 0.05) is 12.0 Å². The Kier molecular flexibility index (Phi) is 7.25. The zero-order valence-corrected chi connectivity index (χ0v) is 10.2. The third-order valence-electron chi connectivity index (χ3n) is 1.72. The molecule has 0 atom stereocenters.